The lowest BCUT2D eigenvalue weighted by Gasteiger charge is -2.13. The highest BCUT2D eigenvalue weighted by molar-refractivity contribution is 5.84. The first-order chi connectivity index (χ1) is 12.8. The average molecular weight is 375 g/mol. The molecule has 0 aliphatic rings. The molecule has 4 heteroatoms. The summed E-state index contributed by atoms with van der Waals surface area (Å²) >= 11 is 0. The van der Waals surface area contributed by atoms with Crippen LogP contribution in [0.25, 0.3) is 6.08 Å². The fourth-order valence-corrected chi connectivity index (χ4v) is 1.75. The van der Waals surface area contributed by atoms with Gasteiger partial charge in [0.05, 0.1) is 6.61 Å². The molecule has 1 atom stereocenters. The van der Waals surface area contributed by atoms with Gasteiger partial charge >= 0.3 is 11.9 Å². The van der Waals surface area contributed by atoms with E-state index in [0.29, 0.717) is 12.5 Å². The molecular weight excluding hydrogens is 340 g/mol. The quantitative estimate of drug-likeness (QED) is 0.431. The van der Waals surface area contributed by atoms with Crippen molar-refractivity contribution in [2.75, 3.05) is 6.61 Å². The van der Waals surface area contributed by atoms with Gasteiger partial charge in [-0.15, -0.1) is 0 Å². The Morgan fingerprint density at radius 2 is 1.74 bits per heavy atom. The third-order valence-electron chi connectivity index (χ3n) is 3.57. The maximum absolute atomic E-state index is 10.8. The van der Waals surface area contributed by atoms with Crippen LogP contribution in [-0.4, -0.2) is 23.7 Å². The second kappa shape index (κ2) is 18.2. The molecule has 27 heavy (non-hydrogen) atoms. The van der Waals surface area contributed by atoms with Crippen LogP contribution < -0.4 is 0 Å². The fourth-order valence-electron chi connectivity index (χ4n) is 1.75. The summed E-state index contributed by atoms with van der Waals surface area (Å²) in [6.07, 6.45) is 7.68. The topological polar surface area (TPSA) is 63.6 Å². The smallest absolute Gasteiger partial charge is 0.330 e. The highest BCUT2D eigenvalue weighted by atomic mass is 16.5. The third kappa shape index (κ3) is 18.0. The number of hydrogen-bond donors (Lipinski definition) is 1. The molecule has 0 radical (unpaired) electrons. The Bertz CT molecular complexity index is 549. The third-order valence-corrected chi connectivity index (χ3v) is 3.57. The lowest BCUT2D eigenvalue weighted by Crippen LogP contribution is -2.12. The van der Waals surface area contributed by atoms with E-state index in [1.807, 2.05) is 36.4 Å². The molecule has 0 spiro atoms. The van der Waals surface area contributed by atoms with Crippen molar-refractivity contribution in [2.24, 2.45) is 5.92 Å². The number of carbonyl (C=O) groups is 2. The molecule has 1 rings (SSSR count). The van der Waals surface area contributed by atoms with E-state index in [-0.39, 0.29) is 11.5 Å². The Labute approximate surface area is 164 Å². The van der Waals surface area contributed by atoms with Crippen molar-refractivity contribution in [1.29, 1.82) is 0 Å². The van der Waals surface area contributed by atoms with Crippen molar-refractivity contribution < 1.29 is 19.4 Å². The first-order valence-electron chi connectivity index (χ1n) is 9.17. The number of carbonyl (C=O) groups excluding carboxylic acids is 1. The predicted molar refractivity (Wildman–Crippen MR) is 113 cm³/mol. The van der Waals surface area contributed by atoms with Crippen LogP contribution in [0.1, 0.15) is 52.0 Å². The van der Waals surface area contributed by atoms with Gasteiger partial charge in [0.15, 0.2) is 0 Å². The van der Waals surface area contributed by atoms with Gasteiger partial charge < -0.3 is 9.84 Å². The monoisotopic (exact) mass is 374 g/mol. The zero-order chi connectivity index (χ0) is 21.1. The van der Waals surface area contributed by atoms with E-state index in [4.69, 9.17) is 9.84 Å². The normalized spacial score (nSPS) is 10.0. The highest BCUT2D eigenvalue weighted by Gasteiger charge is 2.07. The van der Waals surface area contributed by atoms with E-state index in [1.54, 1.807) is 0 Å². The molecule has 1 aromatic carbocycles. The largest absolute Gasteiger partial charge is 0.478 e. The predicted octanol–water partition coefficient (Wildman–Crippen LogP) is 5.91. The van der Waals surface area contributed by atoms with E-state index in [2.05, 4.69) is 33.6 Å². The number of carboxylic acid groups (broad SMARTS) is 1. The van der Waals surface area contributed by atoms with Crippen molar-refractivity contribution in [1.82, 2.24) is 0 Å². The molecule has 0 bridgehead atoms. The summed E-state index contributed by atoms with van der Waals surface area (Å²) in [5.41, 5.74) is 1.35. The number of esters is 1. The average Bonchev–Trinajstić information content (AvgIpc) is 2.69. The molecule has 0 heterocycles. The Morgan fingerprint density at radius 1 is 1.19 bits per heavy atom. The Hall–Kier alpha value is -2.62. The van der Waals surface area contributed by atoms with Gasteiger partial charge in [-0.05, 0) is 24.8 Å². The minimum Gasteiger partial charge on any atom is -0.478 e. The van der Waals surface area contributed by atoms with Gasteiger partial charge in [0.2, 0.25) is 0 Å². The number of benzene rings is 1. The molecular formula is C23H34O4. The molecule has 0 amide bonds. The summed E-state index contributed by atoms with van der Waals surface area (Å²) in [6, 6.07) is 10.0. The van der Waals surface area contributed by atoms with E-state index in [0.717, 1.165) is 12.8 Å². The summed E-state index contributed by atoms with van der Waals surface area (Å²) in [5.74, 6) is -0.728. The Morgan fingerprint density at radius 3 is 2.07 bits per heavy atom. The number of aliphatic carboxylic acids is 1. The molecule has 0 fully saturated rings. The lowest BCUT2D eigenvalue weighted by atomic mass is 10.0. The zero-order valence-corrected chi connectivity index (χ0v) is 16.9. The van der Waals surface area contributed by atoms with Crippen LogP contribution in [0, 0.1) is 5.92 Å². The second-order valence-electron chi connectivity index (χ2n) is 5.95. The maximum Gasteiger partial charge on any atom is 0.330 e. The van der Waals surface area contributed by atoms with Crippen molar-refractivity contribution >= 4 is 18.0 Å². The maximum atomic E-state index is 10.8. The number of carboxylic acids is 1. The van der Waals surface area contributed by atoms with E-state index < -0.39 is 5.97 Å². The molecule has 150 valence electrons. The van der Waals surface area contributed by atoms with Gasteiger partial charge in [0, 0.05) is 11.6 Å². The van der Waals surface area contributed by atoms with Gasteiger partial charge in [-0.2, -0.15) is 0 Å². The minimum absolute atomic E-state index is 0.176. The molecule has 0 aromatic heterocycles. The van der Waals surface area contributed by atoms with Crippen LogP contribution >= 0.6 is 0 Å². The molecule has 0 aliphatic carbocycles. The number of ether oxygens (including phenoxy) is 1. The summed E-state index contributed by atoms with van der Waals surface area (Å²) in [4.78, 5) is 20.4. The van der Waals surface area contributed by atoms with Gasteiger partial charge in [-0.1, -0.05) is 89.3 Å². The van der Waals surface area contributed by atoms with Crippen LogP contribution in [0.15, 0.2) is 61.7 Å². The van der Waals surface area contributed by atoms with Gasteiger partial charge in [0.25, 0.3) is 0 Å². The molecule has 1 aromatic rings. The van der Waals surface area contributed by atoms with Crippen molar-refractivity contribution in [2.45, 2.75) is 46.5 Å². The Kier molecular flexibility index (Phi) is 17.9. The van der Waals surface area contributed by atoms with Crippen LogP contribution in [0.3, 0.4) is 0 Å². The zero-order valence-electron chi connectivity index (χ0n) is 16.9. The summed E-state index contributed by atoms with van der Waals surface area (Å²) in [5, 5.41) is 7.89. The first-order valence-corrected chi connectivity index (χ1v) is 9.17. The number of rotatable bonds is 9. The minimum atomic E-state index is -0.935. The fraction of sp³-hybridized carbons (Fsp3) is 0.391. The highest BCUT2D eigenvalue weighted by Crippen LogP contribution is 2.12. The van der Waals surface area contributed by atoms with Crippen LogP contribution in [0.4, 0.5) is 0 Å². The van der Waals surface area contributed by atoms with E-state index >= 15 is 0 Å². The van der Waals surface area contributed by atoms with Crippen LogP contribution in [-0.2, 0) is 14.3 Å². The number of hydrogen-bond acceptors (Lipinski definition) is 3. The lowest BCUT2D eigenvalue weighted by molar-refractivity contribution is -0.139. The summed E-state index contributed by atoms with van der Waals surface area (Å²) < 4.78 is 4.98. The molecule has 1 N–H and O–H groups in total. The first kappa shape index (κ1) is 26.6. The summed E-state index contributed by atoms with van der Waals surface area (Å²) in [6.45, 7) is 16.4. The molecule has 0 aliphatic heterocycles. The van der Waals surface area contributed by atoms with E-state index in [1.165, 1.54) is 31.4 Å². The second-order valence-corrected chi connectivity index (χ2v) is 5.95. The molecule has 0 saturated heterocycles. The van der Waals surface area contributed by atoms with Crippen LogP contribution in [0.2, 0.25) is 0 Å². The van der Waals surface area contributed by atoms with Crippen molar-refractivity contribution in [3.05, 3.63) is 67.3 Å². The summed E-state index contributed by atoms with van der Waals surface area (Å²) in [7, 11) is 0. The van der Waals surface area contributed by atoms with Gasteiger partial charge in [-0.3, -0.25) is 0 Å². The van der Waals surface area contributed by atoms with Gasteiger partial charge in [-0.25, -0.2) is 9.59 Å². The van der Waals surface area contributed by atoms with Gasteiger partial charge in [0.1, 0.15) is 0 Å². The Balaban J connectivity index is 0. The SMILES string of the molecule is C=C(C)C(=O)O.C=CC(=O)OCC(CC)CCCC.C=Cc1ccccc1. The molecule has 0 saturated carbocycles. The van der Waals surface area contributed by atoms with Crippen LogP contribution in [0.5, 0.6) is 0 Å². The van der Waals surface area contributed by atoms with Crippen molar-refractivity contribution in [3.8, 4) is 0 Å². The number of unbranched alkanes of at least 4 members (excludes halogenated alkanes) is 1. The van der Waals surface area contributed by atoms with E-state index in [9.17, 15) is 9.59 Å². The molecule has 4 nitrogen and oxygen atoms in total. The standard InChI is InChI=1S/C11H20O2.C8H8.C4H6O2/c1-4-7-8-10(5-2)9-13-11(12)6-3;1-2-8-6-4-3-5-7-8;1-3(2)4(5)6/h6,10H,3-5,7-9H2,1-2H3;2-7H,1H2;1H2,2H3,(H,5,6). The van der Waals surface area contributed by atoms with Crippen molar-refractivity contribution in [3.63, 3.8) is 0 Å². The molecule has 1 unspecified atom stereocenters.